The van der Waals surface area contributed by atoms with Gasteiger partial charge in [0.05, 0.1) is 5.56 Å². The number of Topliss-reactive ketones (excluding diaryl/α,β-unsaturated/α-hetero) is 1. The van der Waals surface area contributed by atoms with E-state index >= 15 is 0 Å². The van der Waals surface area contributed by atoms with Gasteiger partial charge in [0.25, 0.3) is 0 Å². The summed E-state index contributed by atoms with van der Waals surface area (Å²) in [5.74, 6) is -0.468. The molecule has 1 unspecified atom stereocenters. The zero-order valence-electron chi connectivity index (χ0n) is 10.3. The molecule has 0 saturated carbocycles. The maximum Gasteiger partial charge on any atom is 0.167 e. The fourth-order valence-corrected chi connectivity index (χ4v) is 2.53. The van der Waals surface area contributed by atoms with Crippen molar-refractivity contribution >= 4 is 5.78 Å². The number of aryl methyl sites for hydroxylation is 2. The molecule has 0 amide bonds. The molecule has 17 heavy (non-hydrogen) atoms. The van der Waals surface area contributed by atoms with Crippen molar-refractivity contribution in [2.45, 2.75) is 39.2 Å². The van der Waals surface area contributed by atoms with Gasteiger partial charge in [-0.25, -0.2) is 4.39 Å². The molecule has 1 aliphatic rings. The van der Waals surface area contributed by atoms with Gasteiger partial charge < -0.3 is 5.32 Å². The molecular weight excluding hydrogens is 217 g/mol. The van der Waals surface area contributed by atoms with Crippen molar-refractivity contribution in [1.29, 1.82) is 0 Å². The van der Waals surface area contributed by atoms with E-state index in [0.29, 0.717) is 6.42 Å². The van der Waals surface area contributed by atoms with Crippen LogP contribution in [0.1, 0.15) is 40.7 Å². The minimum Gasteiger partial charge on any atom is -0.314 e. The Bertz CT molecular complexity index is 413. The van der Waals surface area contributed by atoms with Crippen LogP contribution in [0.5, 0.6) is 0 Å². The number of carbonyl (C=O) groups is 1. The molecule has 1 heterocycles. The minimum atomic E-state index is -0.384. The van der Waals surface area contributed by atoms with Gasteiger partial charge in [-0.3, -0.25) is 4.79 Å². The number of carbonyl (C=O) groups excluding carboxylic acids is 1. The molecule has 0 bridgehead atoms. The first-order valence-electron chi connectivity index (χ1n) is 6.11. The van der Waals surface area contributed by atoms with E-state index in [9.17, 15) is 9.18 Å². The first-order chi connectivity index (χ1) is 8.08. The average molecular weight is 235 g/mol. The second-order valence-electron chi connectivity index (χ2n) is 4.86. The zero-order valence-corrected chi connectivity index (χ0v) is 10.3. The molecule has 2 nitrogen and oxygen atoms in total. The van der Waals surface area contributed by atoms with Crippen LogP contribution in [-0.4, -0.2) is 18.4 Å². The summed E-state index contributed by atoms with van der Waals surface area (Å²) in [5, 5.41) is 3.26. The molecule has 1 fully saturated rings. The van der Waals surface area contributed by atoms with Crippen molar-refractivity contribution in [3.63, 3.8) is 0 Å². The van der Waals surface area contributed by atoms with Crippen LogP contribution in [-0.2, 0) is 0 Å². The summed E-state index contributed by atoms with van der Waals surface area (Å²) in [6.07, 6.45) is 2.52. The van der Waals surface area contributed by atoms with E-state index in [1.54, 1.807) is 6.92 Å². The summed E-state index contributed by atoms with van der Waals surface area (Å²) in [4.78, 5) is 12.1. The lowest BCUT2D eigenvalue weighted by atomic mass is 9.97. The van der Waals surface area contributed by atoms with Gasteiger partial charge in [-0.05, 0) is 50.4 Å². The summed E-state index contributed by atoms with van der Waals surface area (Å²) < 4.78 is 13.8. The number of hydrogen-bond donors (Lipinski definition) is 1. The van der Waals surface area contributed by atoms with E-state index in [1.165, 1.54) is 6.07 Å². The Morgan fingerprint density at radius 2 is 2.24 bits per heavy atom. The Hall–Kier alpha value is -1.22. The van der Waals surface area contributed by atoms with E-state index in [2.05, 4.69) is 5.32 Å². The van der Waals surface area contributed by atoms with Crippen LogP contribution in [0.2, 0.25) is 0 Å². The number of nitrogens with one attached hydrogen (secondary N) is 1. The standard InChI is InChI=1S/C14H18FNO/c1-9-6-10(2)14(12(15)7-9)13(17)8-11-4-3-5-16-11/h6-7,11,16H,3-5,8H2,1-2H3. The molecular formula is C14H18FNO. The number of benzene rings is 1. The molecule has 1 aromatic carbocycles. The van der Waals surface area contributed by atoms with E-state index in [0.717, 1.165) is 30.5 Å². The van der Waals surface area contributed by atoms with Gasteiger partial charge in [0.2, 0.25) is 0 Å². The Kier molecular flexibility index (Phi) is 3.57. The molecule has 1 aromatic rings. The fraction of sp³-hybridized carbons (Fsp3) is 0.500. The normalized spacial score (nSPS) is 19.6. The van der Waals surface area contributed by atoms with Crippen molar-refractivity contribution in [1.82, 2.24) is 5.32 Å². The molecule has 0 aliphatic carbocycles. The monoisotopic (exact) mass is 235 g/mol. The molecule has 2 rings (SSSR count). The van der Waals surface area contributed by atoms with Crippen LogP contribution in [0.25, 0.3) is 0 Å². The Balaban J connectivity index is 2.18. The van der Waals surface area contributed by atoms with Crippen LogP contribution in [0.3, 0.4) is 0 Å². The topological polar surface area (TPSA) is 29.1 Å². The first-order valence-corrected chi connectivity index (χ1v) is 6.11. The van der Waals surface area contributed by atoms with Gasteiger partial charge >= 0.3 is 0 Å². The van der Waals surface area contributed by atoms with Crippen molar-refractivity contribution in [3.05, 3.63) is 34.6 Å². The third-order valence-electron chi connectivity index (χ3n) is 3.30. The second kappa shape index (κ2) is 4.96. The zero-order chi connectivity index (χ0) is 12.4. The highest BCUT2D eigenvalue weighted by molar-refractivity contribution is 5.98. The molecule has 1 saturated heterocycles. The number of hydrogen-bond acceptors (Lipinski definition) is 2. The smallest absolute Gasteiger partial charge is 0.167 e. The van der Waals surface area contributed by atoms with Crippen LogP contribution >= 0.6 is 0 Å². The van der Waals surface area contributed by atoms with E-state index in [1.807, 2.05) is 13.0 Å². The molecule has 0 radical (unpaired) electrons. The lowest BCUT2D eigenvalue weighted by molar-refractivity contribution is 0.0967. The van der Waals surface area contributed by atoms with E-state index in [4.69, 9.17) is 0 Å². The number of halogens is 1. The maximum atomic E-state index is 13.8. The number of ketones is 1. The van der Waals surface area contributed by atoms with Crippen molar-refractivity contribution < 1.29 is 9.18 Å². The highest BCUT2D eigenvalue weighted by atomic mass is 19.1. The van der Waals surface area contributed by atoms with Crippen molar-refractivity contribution in [2.75, 3.05) is 6.54 Å². The third kappa shape index (κ3) is 2.72. The predicted octanol–water partition coefficient (Wildman–Crippen LogP) is 2.77. The number of rotatable bonds is 3. The highest BCUT2D eigenvalue weighted by Crippen LogP contribution is 2.20. The summed E-state index contributed by atoms with van der Waals surface area (Å²) in [5.41, 5.74) is 1.87. The summed E-state index contributed by atoms with van der Waals surface area (Å²) in [6, 6.07) is 3.52. The summed E-state index contributed by atoms with van der Waals surface area (Å²) in [7, 11) is 0. The predicted molar refractivity (Wildman–Crippen MR) is 65.8 cm³/mol. The third-order valence-corrected chi connectivity index (χ3v) is 3.30. The quantitative estimate of drug-likeness (QED) is 0.816. The van der Waals surface area contributed by atoms with Gasteiger partial charge in [0, 0.05) is 12.5 Å². The maximum absolute atomic E-state index is 13.8. The average Bonchev–Trinajstić information content (AvgIpc) is 2.68. The molecule has 1 atom stereocenters. The van der Waals surface area contributed by atoms with Crippen molar-refractivity contribution in [2.24, 2.45) is 0 Å². The summed E-state index contributed by atoms with van der Waals surface area (Å²) >= 11 is 0. The lowest BCUT2D eigenvalue weighted by Crippen LogP contribution is -2.25. The van der Waals surface area contributed by atoms with Crippen LogP contribution in [0.15, 0.2) is 12.1 Å². The second-order valence-corrected chi connectivity index (χ2v) is 4.86. The van der Waals surface area contributed by atoms with Crippen LogP contribution in [0.4, 0.5) is 4.39 Å². The SMILES string of the molecule is Cc1cc(C)c(C(=O)CC2CCCN2)c(F)c1. The van der Waals surface area contributed by atoms with Crippen LogP contribution in [0, 0.1) is 19.7 Å². The Morgan fingerprint density at radius 3 is 2.82 bits per heavy atom. The molecule has 0 aromatic heterocycles. The minimum absolute atomic E-state index is 0.0839. The molecule has 92 valence electrons. The Morgan fingerprint density at radius 1 is 1.47 bits per heavy atom. The lowest BCUT2D eigenvalue weighted by Gasteiger charge is -2.12. The largest absolute Gasteiger partial charge is 0.314 e. The van der Waals surface area contributed by atoms with Gasteiger partial charge in [0.15, 0.2) is 5.78 Å². The first kappa shape index (κ1) is 12.2. The molecule has 3 heteroatoms. The fourth-order valence-electron chi connectivity index (χ4n) is 2.53. The Labute approximate surface area is 101 Å². The van der Waals surface area contributed by atoms with Gasteiger partial charge in [-0.2, -0.15) is 0 Å². The molecule has 1 aliphatic heterocycles. The van der Waals surface area contributed by atoms with Gasteiger partial charge in [-0.15, -0.1) is 0 Å². The van der Waals surface area contributed by atoms with Gasteiger partial charge in [0.1, 0.15) is 5.82 Å². The summed E-state index contributed by atoms with van der Waals surface area (Å²) in [6.45, 7) is 4.60. The van der Waals surface area contributed by atoms with Crippen LogP contribution < -0.4 is 5.32 Å². The van der Waals surface area contributed by atoms with E-state index in [-0.39, 0.29) is 23.2 Å². The van der Waals surface area contributed by atoms with E-state index < -0.39 is 0 Å². The highest BCUT2D eigenvalue weighted by Gasteiger charge is 2.21. The molecule has 1 N–H and O–H groups in total. The van der Waals surface area contributed by atoms with Crippen molar-refractivity contribution in [3.8, 4) is 0 Å². The molecule has 0 spiro atoms. The van der Waals surface area contributed by atoms with Gasteiger partial charge in [-0.1, -0.05) is 6.07 Å².